The van der Waals surface area contributed by atoms with E-state index in [4.69, 9.17) is 4.74 Å². The highest BCUT2D eigenvalue weighted by molar-refractivity contribution is 7.66. The first-order valence-electron chi connectivity index (χ1n) is 10.1. The summed E-state index contributed by atoms with van der Waals surface area (Å²) in [4.78, 5) is 12.0. The average molecular weight is 403 g/mol. The molecule has 0 aromatic heterocycles. The van der Waals surface area contributed by atoms with Gasteiger partial charge in [0.2, 0.25) is 0 Å². The zero-order valence-corrected chi connectivity index (χ0v) is 18.0. The first-order chi connectivity index (χ1) is 13.7. The fourth-order valence-corrected chi connectivity index (χ4v) is 2.59. The van der Waals surface area contributed by atoms with E-state index in [1.165, 1.54) is 38.2 Å². The fourth-order valence-electron chi connectivity index (χ4n) is 2.23. The lowest BCUT2D eigenvalue weighted by Gasteiger charge is -1.99. The molecule has 0 radical (unpaired) electrons. The molecule has 0 aliphatic carbocycles. The topological polar surface area (TPSA) is 43.4 Å². The predicted octanol–water partition coefficient (Wildman–Crippen LogP) is 6.02. The Bertz CT molecular complexity index is 630. The number of unbranched alkanes of at least 4 members (excludes halogenated alkanes) is 5. The second-order valence-electron chi connectivity index (χ2n) is 6.08. The van der Waals surface area contributed by atoms with Gasteiger partial charge in [-0.25, -0.2) is 9.00 Å². The molecule has 0 aromatic rings. The van der Waals surface area contributed by atoms with Crippen LogP contribution in [0.15, 0.2) is 72.9 Å². The maximum Gasteiger partial charge on any atom is 0.330 e. The maximum absolute atomic E-state index is 11.1. The average Bonchev–Trinajstić information content (AvgIpc) is 2.69. The van der Waals surface area contributed by atoms with E-state index in [-0.39, 0.29) is 5.97 Å². The number of esters is 1. The Morgan fingerprint density at radius 3 is 1.75 bits per heavy atom. The van der Waals surface area contributed by atoms with E-state index < -0.39 is 0 Å². The third kappa shape index (κ3) is 18.6. The number of carbonyl (C=O) groups excluding carboxylic acids is 1. The van der Waals surface area contributed by atoms with Gasteiger partial charge in [0.05, 0.1) is 17.9 Å². The van der Waals surface area contributed by atoms with Crippen LogP contribution in [0.1, 0.15) is 58.8 Å². The molecule has 0 saturated heterocycles. The van der Waals surface area contributed by atoms with Crippen molar-refractivity contribution in [3.63, 3.8) is 0 Å². The summed E-state index contributed by atoms with van der Waals surface area (Å²) in [5.74, 6) is -0.336. The van der Waals surface area contributed by atoms with Crippen LogP contribution in [0.4, 0.5) is 0 Å². The minimum atomic E-state index is -0.336. The van der Waals surface area contributed by atoms with E-state index in [1.54, 1.807) is 19.1 Å². The monoisotopic (exact) mass is 402 g/mol. The Labute approximate surface area is 174 Å². The van der Waals surface area contributed by atoms with E-state index in [0.29, 0.717) is 17.9 Å². The molecule has 0 spiro atoms. The molecule has 0 bridgehead atoms. The van der Waals surface area contributed by atoms with Gasteiger partial charge < -0.3 is 4.74 Å². The zero-order valence-electron chi connectivity index (χ0n) is 17.2. The molecule has 0 saturated carbocycles. The number of allylic oxidation sites excluding steroid dienone is 11. The number of hydrogen-bond donors (Lipinski definition) is 0. The van der Waals surface area contributed by atoms with Crippen molar-refractivity contribution < 1.29 is 13.7 Å². The number of ether oxygens (including phenoxy) is 1. The number of carbonyl (C=O) groups is 1. The summed E-state index contributed by atoms with van der Waals surface area (Å²) in [6.07, 6.45) is 30.2. The Kier molecular flexibility index (Phi) is 19.4. The SMILES string of the molecule is CCCCCCCCC(C=CC=CC=CC=CC=CC=CC(=O)OCC)=S=O. The van der Waals surface area contributed by atoms with Crippen molar-refractivity contribution in [3.8, 4) is 0 Å². The fraction of sp³-hybridized carbons (Fsp3) is 0.417. The van der Waals surface area contributed by atoms with Crippen molar-refractivity contribution in [2.75, 3.05) is 6.61 Å². The van der Waals surface area contributed by atoms with Gasteiger partial charge in [0.15, 0.2) is 0 Å². The van der Waals surface area contributed by atoms with E-state index in [9.17, 15) is 9.00 Å². The van der Waals surface area contributed by atoms with Crippen molar-refractivity contribution in [1.29, 1.82) is 0 Å². The molecular formula is C24H34O3S. The summed E-state index contributed by atoms with van der Waals surface area (Å²) in [5.41, 5.74) is 0. The van der Waals surface area contributed by atoms with Gasteiger partial charge >= 0.3 is 5.97 Å². The van der Waals surface area contributed by atoms with Crippen molar-refractivity contribution in [2.24, 2.45) is 0 Å². The minimum Gasteiger partial charge on any atom is -0.463 e. The zero-order chi connectivity index (χ0) is 20.7. The number of rotatable bonds is 15. The molecule has 0 aromatic carbocycles. The van der Waals surface area contributed by atoms with Crippen LogP contribution >= 0.6 is 0 Å². The minimum absolute atomic E-state index is 0.336. The molecule has 154 valence electrons. The molecule has 0 aliphatic rings. The van der Waals surface area contributed by atoms with E-state index in [1.807, 2.05) is 54.7 Å². The lowest BCUT2D eigenvalue weighted by Crippen LogP contribution is -1.98. The molecule has 0 fully saturated rings. The molecule has 3 nitrogen and oxygen atoms in total. The van der Waals surface area contributed by atoms with Crippen molar-refractivity contribution in [1.82, 2.24) is 0 Å². The molecular weight excluding hydrogens is 368 g/mol. The van der Waals surface area contributed by atoms with Gasteiger partial charge in [0.1, 0.15) is 0 Å². The standard InChI is InChI=1S/C24H34O3S/c1-3-5-6-7-14-17-20-23(28-26)21-18-15-12-10-8-9-11-13-16-19-22-24(25)27-4-2/h8-13,15-16,18-19,21-22H,3-7,14,17,20H2,1-2H3. The lowest BCUT2D eigenvalue weighted by molar-refractivity contribution is -0.137. The maximum atomic E-state index is 11.1. The molecule has 0 aliphatic heterocycles. The second-order valence-corrected chi connectivity index (χ2v) is 6.77. The van der Waals surface area contributed by atoms with Crippen LogP contribution < -0.4 is 0 Å². The molecule has 0 unspecified atom stereocenters. The van der Waals surface area contributed by atoms with E-state index >= 15 is 0 Å². The quantitative estimate of drug-likeness (QED) is 0.111. The van der Waals surface area contributed by atoms with Gasteiger partial charge in [-0.05, 0) is 25.8 Å². The van der Waals surface area contributed by atoms with Crippen LogP contribution in [0.25, 0.3) is 0 Å². The summed E-state index contributed by atoms with van der Waals surface area (Å²) in [5, 5.41) is 0. The summed E-state index contributed by atoms with van der Waals surface area (Å²) in [7, 11) is 0. The normalized spacial score (nSPS) is 12.5. The molecule has 0 atom stereocenters. The summed E-state index contributed by atoms with van der Waals surface area (Å²) in [6, 6.07) is 0. The summed E-state index contributed by atoms with van der Waals surface area (Å²) >= 11 is 0.599. The summed E-state index contributed by atoms with van der Waals surface area (Å²) < 4.78 is 15.9. The van der Waals surface area contributed by atoms with Gasteiger partial charge in [-0.3, -0.25) is 0 Å². The highest BCUT2D eigenvalue weighted by atomic mass is 32.1. The molecule has 0 N–H and O–H groups in total. The largest absolute Gasteiger partial charge is 0.463 e. The Balaban J connectivity index is 4.00. The molecule has 28 heavy (non-hydrogen) atoms. The van der Waals surface area contributed by atoms with Gasteiger partial charge in [-0.2, -0.15) is 0 Å². The Hall–Kier alpha value is -2.20. The first-order valence-corrected chi connectivity index (χ1v) is 10.8. The van der Waals surface area contributed by atoms with Crippen molar-refractivity contribution >= 4 is 22.1 Å². The molecule has 0 rings (SSSR count). The van der Waals surface area contributed by atoms with Crippen LogP contribution in [0.3, 0.4) is 0 Å². The van der Waals surface area contributed by atoms with Crippen LogP contribution in [-0.2, 0) is 20.8 Å². The Morgan fingerprint density at radius 1 is 0.714 bits per heavy atom. The smallest absolute Gasteiger partial charge is 0.330 e. The predicted molar refractivity (Wildman–Crippen MR) is 123 cm³/mol. The molecule has 0 heterocycles. The summed E-state index contributed by atoms with van der Waals surface area (Å²) in [6.45, 7) is 4.38. The van der Waals surface area contributed by atoms with Crippen LogP contribution in [-0.4, -0.2) is 21.6 Å². The van der Waals surface area contributed by atoms with Crippen LogP contribution in [0.5, 0.6) is 0 Å². The van der Waals surface area contributed by atoms with Gasteiger partial charge in [0, 0.05) is 10.9 Å². The third-order valence-electron chi connectivity index (χ3n) is 3.68. The third-order valence-corrected chi connectivity index (χ3v) is 4.24. The Morgan fingerprint density at radius 2 is 1.21 bits per heavy atom. The highest BCUT2D eigenvalue weighted by Gasteiger charge is 1.94. The van der Waals surface area contributed by atoms with Crippen molar-refractivity contribution in [2.45, 2.75) is 58.8 Å². The van der Waals surface area contributed by atoms with Crippen LogP contribution in [0, 0.1) is 0 Å². The molecule has 0 amide bonds. The highest BCUT2D eigenvalue weighted by Crippen LogP contribution is 2.07. The second kappa shape index (κ2) is 21.1. The van der Waals surface area contributed by atoms with Gasteiger partial charge in [-0.15, -0.1) is 0 Å². The number of hydrogen-bond acceptors (Lipinski definition) is 3. The van der Waals surface area contributed by atoms with Gasteiger partial charge in [-0.1, -0.05) is 99.8 Å². The van der Waals surface area contributed by atoms with Crippen LogP contribution in [0.2, 0.25) is 0 Å². The van der Waals surface area contributed by atoms with E-state index in [0.717, 1.165) is 17.7 Å². The molecule has 4 heteroatoms. The van der Waals surface area contributed by atoms with Crippen molar-refractivity contribution in [3.05, 3.63) is 72.9 Å². The van der Waals surface area contributed by atoms with Gasteiger partial charge in [0.25, 0.3) is 0 Å². The van der Waals surface area contributed by atoms with E-state index in [2.05, 4.69) is 6.92 Å². The first kappa shape index (κ1) is 25.8. The lowest BCUT2D eigenvalue weighted by atomic mass is 10.1.